The minimum Gasteiger partial charge on any atom is -0.490 e. The zero-order valence-electron chi connectivity index (χ0n) is 17.3. The number of hydrogen-bond donors (Lipinski definition) is 3. The van der Waals surface area contributed by atoms with Crippen LogP contribution in [0.3, 0.4) is 0 Å². The number of aliphatic imine (C=N–C) groups is 1. The number of guanidine groups is 1. The average Bonchev–Trinajstić information content (AvgIpc) is 2.66. The Morgan fingerprint density at radius 2 is 1.82 bits per heavy atom. The van der Waals surface area contributed by atoms with Gasteiger partial charge in [-0.2, -0.15) is 0 Å². The zero-order valence-corrected chi connectivity index (χ0v) is 19.7. The van der Waals surface area contributed by atoms with Gasteiger partial charge in [-0.1, -0.05) is 6.07 Å². The van der Waals surface area contributed by atoms with Gasteiger partial charge in [0.2, 0.25) is 5.91 Å². The zero-order chi connectivity index (χ0) is 20.1. The number of nitrogens with zero attached hydrogens (tertiary/aromatic N) is 1. The molecule has 0 spiro atoms. The summed E-state index contributed by atoms with van der Waals surface area (Å²) in [6.45, 7) is 8.12. The normalized spacial score (nSPS) is 11.8. The SMILES string of the molecule is CCOc1ccc(C(C)NC(=NC)NCC(=O)NCCOC)cc1OCC.I. The molecule has 1 unspecified atom stereocenters. The fourth-order valence-corrected chi connectivity index (χ4v) is 2.34. The molecular weight excluding hydrogens is 475 g/mol. The van der Waals surface area contributed by atoms with Crippen LogP contribution < -0.4 is 25.4 Å². The molecule has 0 bridgehead atoms. The highest BCUT2D eigenvalue weighted by atomic mass is 127. The molecule has 0 aliphatic carbocycles. The lowest BCUT2D eigenvalue weighted by Gasteiger charge is -2.20. The number of halogens is 1. The van der Waals surface area contributed by atoms with Gasteiger partial charge in [0.05, 0.1) is 32.4 Å². The van der Waals surface area contributed by atoms with E-state index in [0.29, 0.717) is 38.1 Å². The van der Waals surface area contributed by atoms with Gasteiger partial charge in [-0.25, -0.2) is 0 Å². The van der Waals surface area contributed by atoms with E-state index in [-0.39, 0.29) is 42.5 Å². The molecule has 160 valence electrons. The molecule has 9 heteroatoms. The van der Waals surface area contributed by atoms with Gasteiger partial charge in [-0.05, 0) is 38.5 Å². The number of amides is 1. The van der Waals surface area contributed by atoms with Crippen molar-refractivity contribution in [1.82, 2.24) is 16.0 Å². The Labute approximate surface area is 184 Å². The van der Waals surface area contributed by atoms with Crippen molar-refractivity contribution in [2.45, 2.75) is 26.8 Å². The predicted molar refractivity (Wildman–Crippen MR) is 122 cm³/mol. The molecule has 0 heterocycles. The van der Waals surface area contributed by atoms with E-state index >= 15 is 0 Å². The van der Waals surface area contributed by atoms with Crippen molar-refractivity contribution >= 4 is 35.8 Å². The summed E-state index contributed by atoms with van der Waals surface area (Å²) in [6.07, 6.45) is 0. The van der Waals surface area contributed by atoms with E-state index in [9.17, 15) is 4.79 Å². The van der Waals surface area contributed by atoms with Gasteiger partial charge in [-0.15, -0.1) is 24.0 Å². The van der Waals surface area contributed by atoms with Crippen LogP contribution in [0.4, 0.5) is 0 Å². The molecule has 0 saturated carbocycles. The maximum absolute atomic E-state index is 11.8. The monoisotopic (exact) mass is 508 g/mol. The third-order valence-corrected chi connectivity index (χ3v) is 3.69. The van der Waals surface area contributed by atoms with Gasteiger partial charge in [0.15, 0.2) is 17.5 Å². The summed E-state index contributed by atoms with van der Waals surface area (Å²) < 4.78 is 16.2. The Bertz CT molecular complexity index is 614. The number of carbonyl (C=O) groups is 1. The second-order valence-electron chi connectivity index (χ2n) is 5.71. The molecule has 0 saturated heterocycles. The number of benzene rings is 1. The van der Waals surface area contributed by atoms with Crippen LogP contribution >= 0.6 is 24.0 Å². The number of methoxy groups -OCH3 is 1. The molecule has 0 aromatic heterocycles. The Morgan fingerprint density at radius 1 is 1.14 bits per heavy atom. The summed E-state index contributed by atoms with van der Waals surface area (Å²) in [6, 6.07) is 5.80. The van der Waals surface area contributed by atoms with E-state index < -0.39 is 0 Å². The van der Waals surface area contributed by atoms with E-state index in [1.54, 1.807) is 14.2 Å². The van der Waals surface area contributed by atoms with Crippen LogP contribution in [0.2, 0.25) is 0 Å². The first-order valence-electron chi connectivity index (χ1n) is 9.18. The van der Waals surface area contributed by atoms with Crippen LogP contribution in [0.25, 0.3) is 0 Å². The molecule has 0 fully saturated rings. The fourth-order valence-electron chi connectivity index (χ4n) is 2.34. The average molecular weight is 508 g/mol. The van der Waals surface area contributed by atoms with Gasteiger partial charge < -0.3 is 30.2 Å². The highest BCUT2D eigenvalue weighted by molar-refractivity contribution is 14.0. The number of ether oxygens (including phenoxy) is 3. The number of carbonyl (C=O) groups excluding carboxylic acids is 1. The number of nitrogens with one attached hydrogen (secondary N) is 3. The summed E-state index contributed by atoms with van der Waals surface area (Å²) in [7, 11) is 3.25. The van der Waals surface area contributed by atoms with Crippen molar-refractivity contribution in [2.24, 2.45) is 4.99 Å². The molecular formula is C19H33IN4O4. The van der Waals surface area contributed by atoms with Crippen LogP contribution in [-0.4, -0.2) is 58.9 Å². The molecule has 1 amide bonds. The van der Waals surface area contributed by atoms with E-state index in [4.69, 9.17) is 14.2 Å². The first-order valence-corrected chi connectivity index (χ1v) is 9.18. The molecule has 0 aliphatic rings. The number of rotatable bonds is 11. The van der Waals surface area contributed by atoms with E-state index in [1.165, 1.54) is 0 Å². The topological polar surface area (TPSA) is 93.2 Å². The first kappa shape index (κ1) is 26.2. The summed E-state index contributed by atoms with van der Waals surface area (Å²) in [5, 5.41) is 9.01. The molecule has 28 heavy (non-hydrogen) atoms. The van der Waals surface area contributed by atoms with E-state index in [0.717, 1.165) is 11.3 Å². The van der Waals surface area contributed by atoms with Crippen LogP contribution in [0.15, 0.2) is 23.2 Å². The molecule has 1 aromatic carbocycles. The molecule has 8 nitrogen and oxygen atoms in total. The van der Waals surface area contributed by atoms with Gasteiger partial charge >= 0.3 is 0 Å². The molecule has 0 radical (unpaired) electrons. The van der Waals surface area contributed by atoms with Crippen LogP contribution in [0.1, 0.15) is 32.4 Å². The van der Waals surface area contributed by atoms with Crippen LogP contribution in [0.5, 0.6) is 11.5 Å². The molecule has 0 aliphatic heterocycles. The van der Waals surface area contributed by atoms with Crippen LogP contribution in [-0.2, 0) is 9.53 Å². The minimum atomic E-state index is -0.123. The molecule has 1 aromatic rings. The van der Waals surface area contributed by atoms with E-state index in [2.05, 4.69) is 20.9 Å². The summed E-state index contributed by atoms with van der Waals surface area (Å²) in [5.41, 5.74) is 1.02. The maximum Gasteiger partial charge on any atom is 0.239 e. The summed E-state index contributed by atoms with van der Waals surface area (Å²) in [5.74, 6) is 1.86. The Kier molecular flexibility index (Phi) is 14.3. The van der Waals surface area contributed by atoms with Crippen molar-refractivity contribution in [3.05, 3.63) is 23.8 Å². The van der Waals surface area contributed by atoms with Crippen molar-refractivity contribution in [3.63, 3.8) is 0 Å². The third-order valence-electron chi connectivity index (χ3n) is 3.69. The van der Waals surface area contributed by atoms with Crippen molar-refractivity contribution < 1.29 is 19.0 Å². The molecule has 1 rings (SSSR count). The summed E-state index contributed by atoms with van der Waals surface area (Å²) in [4.78, 5) is 15.9. The number of hydrogen-bond acceptors (Lipinski definition) is 5. The maximum atomic E-state index is 11.8. The highest BCUT2D eigenvalue weighted by Gasteiger charge is 2.13. The third kappa shape index (κ3) is 9.45. The lowest BCUT2D eigenvalue weighted by Crippen LogP contribution is -2.44. The van der Waals surface area contributed by atoms with Gasteiger partial charge in [0.25, 0.3) is 0 Å². The van der Waals surface area contributed by atoms with Crippen molar-refractivity contribution in [1.29, 1.82) is 0 Å². The highest BCUT2D eigenvalue weighted by Crippen LogP contribution is 2.30. The van der Waals surface area contributed by atoms with Gasteiger partial charge in [0.1, 0.15) is 0 Å². The Hall–Kier alpha value is -1.75. The van der Waals surface area contributed by atoms with Crippen molar-refractivity contribution in [2.75, 3.05) is 47.1 Å². The van der Waals surface area contributed by atoms with Crippen LogP contribution in [0, 0.1) is 0 Å². The van der Waals surface area contributed by atoms with E-state index in [1.807, 2.05) is 39.0 Å². The Balaban J connectivity index is 0.00000729. The quantitative estimate of drug-likeness (QED) is 0.184. The van der Waals surface area contributed by atoms with Crippen molar-refractivity contribution in [3.8, 4) is 11.5 Å². The largest absolute Gasteiger partial charge is 0.490 e. The second-order valence-corrected chi connectivity index (χ2v) is 5.71. The standard InChI is InChI=1S/C19H32N4O4.HI/c1-6-26-16-9-8-15(12-17(16)27-7-2)14(3)23-19(20-4)22-13-18(24)21-10-11-25-5;/h8-9,12,14H,6-7,10-11,13H2,1-5H3,(H,21,24)(H2,20,22,23);1H. The minimum absolute atomic E-state index is 0. The molecule has 3 N–H and O–H groups in total. The Morgan fingerprint density at radius 3 is 2.43 bits per heavy atom. The second kappa shape index (κ2) is 15.2. The van der Waals surface area contributed by atoms with Gasteiger partial charge in [0, 0.05) is 20.7 Å². The first-order chi connectivity index (χ1) is 13.0. The smallest absolute Gasteiger partial charge is 0.239 e. The summed E-state index contributed by atoms with van der Waals surface area (Å²) >= 11 is 0. The molecule has 1 atom stereocenters. The lowest BCUT2D eigenvalue weighted by molar-refractivity contribution is -0.120. The predicted octanol–water partition coefficient (Wildman–Crippen LogP) is 2.09. The lowest BCUT2D eigenvalue weighted by atomic mass is 10.1. The fraction of sp³-hybridized carbons (Fsp3) is 0.579. The van der Waals surface area contributed by atoms with Gasteiger partial charge in [-0.3, -0.25) is 9.79 Å².